The third-order valence-electron chi connectivity index (χ3n) is 2.74. The lowest BCUT2D eigenvalue weighted by atomic mass is 10.1. The molecule has 1 aromatic rings. The van der Waals surface area contributed by atoms with E-state index in [2.05, 4.69) is 4.72 Å². The quantitative estimate of drug-likeness (QED) is 0.768. The van der Waals surface area contributed by atoms with Crippen molar-refractivity contribution in [1.29, 1.82) is 0 Å². The summed E-state index contributed by atoms with van der Waals surface area (Å²) in [7, 11) is -3.57. The highest BCUT2D eigenvalue weighted by Gasteiger charge is 2.23. The van der Waals surface area contributed by atoms with Gasteiger partial charge in [0.25, 0.3) is 0 Å². The molecule has 1 aromatic carbocycles. The number of carbonyl (C=O) groups is 1. The normalized spacial score (nSPS) is 13.1. The third kappa shape index (κ3) is 5.90. The first-order valence-corrected chi connectivity index (χ1v) is 8.34. The molecule has 112 valence electrons. The third-order valence-corrected chi connectivity index (χ3v) is 4.46. The van der Waals surface area contributed by atoms with Gasteiger partial charge in [0.15, 0.2) is 0 Å². The standard InChI is InChI=1S/C13H18ClNO4S/c1-2-3-8-20(18,19)15-12(13(16)17)9-10-4-6-11(14)7-5-10/h4-7,12,15H,2-3,8-9H2,1H3,(H,16,17)/t12-/m0/s1. The predicted molar refractivity (Wildman–Crippen MR) is 78.4 cm³/mol. The Balaban J connectivity index is 2.75. The summed E-state index contributed by atoms with van der Waals surface area (Å²) in [4.78, 5) is 11.2. The van der Waals surface area contributed by atoms with E-state index in [4.69, 9.17) is 16.7 Å². The summed E-state index contributed by atoms with van der Waals surface area (Å²) in [6.07, 6.45) is 1.32. The van der Waals surface area contributed by atoms with E-state index in [1.54, 1.807) is 24.3 Å². The van der Waals surface area contributed by atoms with Crippen molar-refractivity contribution >= 4 is 27.6 Å². The fourth-order valence-corrected chi connectivity index (χ4v) is 3.18. The highest BCUT2D eigenvalue weighted by atomic mass is 35.5. The molecule has 5 nitrogen and oxygen atoms in total. The number of carboxylic acid groups (broad SMARTS) is 1. The van der Waals surface area contributed by atoms with Gasteiger partial charge < -0.3 is 5.11 Å². The average Bonchev–Trinajstić information content (AvgIpc) is 2.38. The fraction of sp³-hybridized carbons (Fsp3) is 0.462. The number of halogens is 1. The van der Waals surface area contributed by atoms with E-state index in [9.17, 15) is 13.2 Å². The molecular formula is C13H18ClNO4S. The van der Waals surface area contributed by atoms with Gasteiger partial charge in [0.05, 0.1) is 5.75 Å². The van der Waals surface area contributed by atoms with Crippen LogP contribution >= 0.6 is 11.6 Å². The summed E-state index contributed by atoms with van der Waals surface area (Å²) < 4.78 is 25.7. The molecule has 0 radical (unpaired) electrons. The number of carboxylic acids is 1. The van der Waals surface area contributed by atoms with Gasteiger partial charge in [0.1, 0.15) is 6.04 Å². The Morgan fingerprint density at radius 3 is 2.45 bits per heavy atom. The van der Waals surface area contributed by atoms with Crippen LogP contribution < -0.4 is 4.72 Å². The molecule has 0 saturated carbocycles. The van der Waals surface area contributed by atoms with Gasteiger partial charge in [0, 0.05) is 5.02 Å². The molecule has 7 heteroatoms. The van der Waals surface area contributed by atoms with Crippen LogP contribution in [0.25, 0.3) is 0 Å². The van der Waals surface area contributed by atoms with E-state index >= 15 is 0 Å². The molecular weight excluding hydrogens is 302 g/mol. The maximum absolute atomic E-state index is 11.8. The Labute approximate surface area is 124 Å². The lowest BCUT2D eigenvalue weighted by Crippen LogP contribution is -2.43. The number of benzene rings is 1. The van der Waals surface area contributed by atoms with Crippen molar-refractivity contribution in [3.8, 4) is 0 Å². The molecule has 0 bridgehead atoms. The Kier molecular flexibility index (Phi) is 6.45. The number of unbranched alkanes of at least 4 members (excludes halogenated alkanes) is 1. The second-order valence-electron chi connectivity index (χ2n) is 4.51. The second-order valence-corrected chi connectivity index (χ2v) is 6.82. The minimum Gasteiger partial charge on any atom is -0.480 e. The van der Waals surface area contributed by atoms with Crippen molar-refractivity contribution in [3.63, 3.8) is 0 Å². The van der Waals surface area contributed by atoms with Crippen molar-refractivity contribution in [2.75, 3.05) is 5.75 Å². The van der Waals surface area contributed by atoms with E-state index in [-0.39, 0.29) is 12.2 Å². The van der Waals surface area contributed by atoms with Gasteiger partial charge in [-0.3, -0.25) is 4.79 Å². The van der Waals surface area contributed by atoms with Crippen LogP contribution in [0.2, 0.25) is 5.02 Å². The average molecular weight is 320 g/mol. The zero-order chi connectivity index (χ0) is 15.2. The Morgan fingerprint density at radius 2 is 1.95 bits per heavy atom. The van der Waals surface area contributed by atoms with E-state index in [0.717, 1.165) is 6.42 Å². The molecule has 1 atom stereocenters. The van der Waals surface area contributed by atoms with Gasteiger partial charge in [-0.2, -0.15) is 0 Å². The Bertz CT molecular complexity index is 542. The highest BCUT2D eigenvalue weighted by Crippen LogP contribution is 2.11. The van der Waals surface area contributed by atoms with E-state index < -0.39 is 22.0 Å². The van der Waals surface area contributed by atoms with Crippen molar-refractivity contribution in [3.05, 3.63) is 34.9 Å². The van der Waals surface area contributed by atoms with Crippen LogP contribution in [0.1, 0.15) is 25.3 Å². The maximum atomic E-state index is 11.8. The van der Waals surface area contributed by atoms with E-state index in [0.29, 0.717) is 17.0 Å². The maximum Gasteiger partial charge on any atom is 0.322 e. The summed E-state index contributed by atoms with van der Waals surface area (Å²) in [5, 5.41) is 9.67. The van der Waals surface area contributed by atoms with Gasteiger partial charge in [-0.1, -0.05) is 37.1 Å². The monoisotopic (exact) mass is 319 g/mol. The Morgan fingerprint density at radius 1 is 1.35 bits per heavy atom. The molecule has 0 aliphatic rings. The van der Waals surface area contributed by atoms with Gasteiger partial charge in [-0.15, -0.1) is 0 Å². The summed E-state index contributed by atoms with van der Waals surface area (Å²) in [6.45, 7) is 1.87. The smallest absolute Gasteiger partial charge is 0.322 e. The SMILES string of the molecule is CCCCS(=O)(=O)N[C@@H](Cc1ccc(Cl)cc1)C(=O)O. The number of hydrogen-bond acceptors (Lipinski definition) is 3. The molecule has 0 saturated heterocycles. The van der Waals surface area contributed by atoms with Crippen LogP contribution in [0, 0.1) is 0 Å². The molecule has 0 fully saturated rings. The number of rotatable bonds is 8. The minimum absolute atomic E-state index is 0.0616. The van der Waals surface area contributed by atoms with Crippen molar-refractivity contribution in [2.45, 2.75) is 32.2 Å². The number of hydrogen-bond donors (Lipinski definition) is 2. The van der Waals surface area contributed by atoms with Crippen molar-refractivity contribution in [1.82, 2.24) is 4.72 Å². The summed E-state index contributed by atoms with van der Waals surface area (Å²) in [5.41, 5.74) is 0.708. The molecule has 0 unspecified atom stereocenters. The highest BCUT2D eigenvalue weighted by molar-refractivity contribution is 7.89. The summed E-state index contributed by atoms with van der Waals surface area (Å²) in [6, 6.07) is 5.47. The van der Waals surface area contributed by atoms with Crippen LogP contribution in [-0.2, 0) is 21.2 Å². The van der Waals surface area contributed by atoms with Gasteiger partial charge in [-0.25, -0.2) is 13.1 Å². The topological polar surface area (TPSA) is 83.5 Å². The number of sulfonamides is 1. The molecule has 0 heterocycles. The first kappa shape index (κ1) is 16.9. The minimum atomic E-state index is -3.57. The lowest BCUT2D eigenvalue weighted by Gasteiger charge is -2.14. The Hall–Kier alpha value is -1.11. The van der Waals surface area contributed by atoms with E-state index in [1.165, 1.54) is 0 Å². The summed E-state index contributed by atoms with van der Waals surface area (Å²) in [5.74, 6) is -1.26. The van der Waals surface area contributed by atoms with Crippen LogP contribution in [-0.4, -0.2) is 31.3 Å². The van der Waals surface area contributed by atoms with Crippen LogP contribution in [0.3, 0.4) is 0 Å². The second kappa shape index (κ2) is 7.61. The zero-order valence-corrected chi connectivity index (χ0v) is 12.7. The molecule has 0 spiro atoms. The summed E-state index contributed by atoms with van der Waals surface area (Å²) >= 11 is 5.75. The number of aliphatic carboxylic acids is 1. The largest absolute Gasteiger partial charge is 0.480 e. The van der Waals surface area contributed by atoms with Gasteiger partial charge in [-0.05, 0) is 30.5 Å². The molecule has 1 rings (SSSR count). The molecule has 0 amide bonds. The molecule has 0 aromatic heterocycles. The zero-order valence-electron chi connectivity index (χ0n) is 11.2. The van der Waals surface area contributed by atoms with Crippen LogP contribution in [0.5, 0.6) is 0 Å². The van der Waals surface area contributed by atoms with Gasteiger partial charge >= 0.3 is 5.97 Å². The fourth-order valence-electron chi connectivity index (χ4n) is 1.65. The molecule has 0 aliphatic heterocycles. The van der Waals surface area contributed by atoms with Crippen LogP contribution in [0.15, 0.2) is 24.3 Å². The van der Waals surface area contributed by atoms with Gasteiger partial charge in [0.2, 0.25) is 10.0 Å². The lowest BCUT2D eigenvalue weighted by molar-refractivity contribution is -0.138. The van der Waals surface area contributed by atoms with Crippen molar-refractivity contribution in [2.24, 2.45) is 0 Å². The predicted octanol–water partition coefficient (Wildman–Crippen LogP) is 2.06. The molecule has 0 aliphatic carbocycles. The van der Waals surface area contributed by atoms with E-state index in [1.807, 2.05) is 6.92 Å². The van der Waals surface area contributed by atoms with Crippen LogP contribution in [0.4, 0.5) is 0 Å². The first-order chi connectivity index (χ1) is 9.34. The van der Waals surface area contributed by atoms with Crippen molar-refractivity contribution < 1.29 is 18.3 Å². The first-order valence-electron chi connectivity index (χ1n) is 6.31. The number of nitrogens with one attached hydrogen (secondary N) is 1. The molecule has 2 N–H and O–H groups in total. The molecule has 20 heavy (non-hydrogen) atoms.